The first-order valence-corrected chi connectivity index (χ1v) is 9.76. The van der Waals surface area contributed by atoms with Gasteiger partial charge in [0.15, 0.2) is 0 Å². The molecule has 3 rings (SSSR count). The van der Waals surface area contributed by atoms with Crippen LogP contribution < -0.4 is 10.6 Å². The normalized spacial score (nSPS) is 19.7. The Kier molecular flexibility index (Phi) is 6.63. The first-order chi connectivity index (χ1) is 12.3. The van der Waals surface area contributed by atoms with Gasteiger partial charge in [0.05, 0.1) is 17.0 Å². The van der Waals surface area contributed by atoms with Crippen molar-refractivity contribution in [2.75, 3.05) is 32.5 Å². The molecule has 0 bridgehead atoms. The van der Waals surface area contributed by atoms with Crippen molar-refractivity contribution < 1.29 is 13.2 Å². The third-order valence-corrected chi connectivity index (χ3v) is 6.40. The van der Waals surface area contributed by atoms with Crippen molar-refractivity contribution in [3.8, 4) is 0 Å². The van der Waals surface area contributed by atoms with Crippen LogP contribution in [0.4, 0.5) is 5.69 Å². The number of hydrogen-bond donors (Lipinski definition) is 2. The van der Waals surface area contributed by atoms with Crippen LogP contribution in [0.1, 0.15) is 11.5 Å². The lowest BCUT2D eigenvalue weighted by Crippen LogP contribution is -2.28. The molecular formula is C17H24ClN5O3S. The van der Waals surface area contributed by atoms with Crippen molar-refractivity contribution in [2.45, 2.75) is 10.8 Å². The maximum atomic E-state index is 12.8. The van der Waals surface area contributed by atoms with Gasteiger partial charge in [-0.05, 0) is 23.8 Å². The van der Waals surface area contributed by atoms with E-state index in [1.807, 2.05) is 13.2 Å². The van der Waals surface area contributed by atoms with E-state index < -0.39 is 10.0 Å². The number of aryl methyl sites for hydroxylation is 1. The van der Waals surface area contributed by atoms with Crippen LogP contribution >= 0.6 is 12.4 Å². The zero-order valence-electron chi connectivity index (χ0n) is 15.4. The van der Waals surface area contributed by atoms with Crippen LogP contribution in [0.25, 0.3) is 0 Å². The zero-order valence-corrected chi connectivity index (χ0v) is 17.0. The Bertz CT molecular complexity index is 913. The van der Waals surface area contributed by atoms with Crippen LogP contribution in [0.5, 0.6) is 0 Å². The molecule has 1 saturated heterocycles. The summed E-state index contributed by atoms with van der Waals surface area (Å²) in [6.45, 7) is 1.28. The summed E-state index contributed by atoms with van der Waals surface area (Å²) in [4.78, 5) is 12.9. The van der Waals surface area contributed by atoms with E-state index in [9.17, 15) is 13.2 Å². The maximum absolute atomic E-state index is 12.8. The van der Waals surface area contributed by atoms with Gasteiger partial charge in [0, 0.05) is 52.0 Å². The van der Waals surface area contributed by atoms with E-state index >= 15 is 0 Å². The molecule has 2 atom stereocenters. The fraction of sp³-hybridized carbons (Fsp3) is 0.412. The Balaban J connectivity index is 0.00000261. The van der Waals surface area contributed by atoms with Crippen LogP contribution in [0.15, 0.2) is 41.6 Å². The van der Waals surface area contributed by atoms with E-state index in [4.69, 9.17) is 0 Å². The molecule has 1 aromatic carbocycles. The lowest BCUT2D eigenvalue weighted by Gasteiger charge is -2.18. The minimum absolute atomic E-state index is 0. The molecular weight excluding hydrogens is 390 g/mol. The molecule has 1 amide bonds. The Hall–Kier alpha value is -1.94. The van der Waals surface area contributed by atoms with Crippen LogP contribution in [0.2, 0.25) is 0 Å². The Labute approximate surface area is 165 Å². The van der Waals surface area contributed by atoms with Gasteiger partial charge in [-0.1, -0.05) is 6.07 Å². The summed E-state index contributed by atoms with van der Waals surface area (Å²) < 4.78 is 27.4. The molecule has 0 unspecified atom stereocenters. The third-order valence-electron chi connectivity index (χ3n) is 4.58. The predicted octanol–water partition coefficient (Wildman–Crippen LogP) is 1.03. The first-order valence-electron chi connectivity index (χ1n) is 8.32. The molecule has 0 aliphatic carbocycles. The third kappa shape index (κ3) is 4.49. The second kappa shape index (κ2) is 8.39. The molecule has 8 nitrogen and oxygen atoms in total. The molecule has 10 heteroatoms. The number of amides is 1. The molecule has 1 fully saturated rings. The van der Waals surface area contributed by atoms with Crippen molar-refractivity contribution in [3.05, 3.63) is 42.2 Å². The summed E-state index contributed by atoms with van der Waals surface area (Å²) in [7, 11) is 1.25. The first kappa shape index (κ1) is 21.4. The highest BCUT2D eigenvalue weighted by atomic mass is 35.5. The molecule has 0 radical (unpaired) electrons. The lowest BCUT2D eigenvalue weighted by atomic mass is 9.90. The van der Waals surface area contributed by atoms with Gasteiger partial charge in [0.2, 0.25) is 15.9 Å². The minimum Gasteiger partial charge on any atom is -0.326 e. The fourth-order valence-electron chi connectivity index (χ4n) is 3.12. The minimum atomic E-state index is -3.55. The van der Waals surface area contributed by atoms with Gasteiger partial charge < -0.3 is 10.6 Å². The molecule has 0 spiro atoms. The number of aromatic nitrogens is 2. The lowest BCUT2D eigenvalue weighted by molar-refractivity contribution is -0.119. The predicted molar refractivity (Wildman–Crippen MR) is 106 cm³/mol. The quantitative estimate of drug-likeness (QED) is 0.763. The van der Waals surface area contributed by atoms with Gasteiger partial charge >= 0.3 is 0 Å². The number of anilines is 1. The number of hydrogen-bond acceptors (Lipinski definition) is 5. The molecule has 1 aliphatic rings. The molecule has 1 aromatic heterocycles. The Morgan fingerprint density at radius 2 is 2.07 bits per heavy atom. The standard InChI is InChI=1S/C17H23N5O3S.ClH/c1-21(2)26(24,25)14-6-4-5-13(7-14)20-17(23)16-10-18-9-15(16)12-8-19-22(3)11-12;/h4-8,11,15-16,18H,9-10H2,1-3H3,(H,20,23);1H/t15-,16+;/m1./s1. The van der Waals surface area contributed by atoms with Crippen molar-refractivity contribution in [1.82, 2.24) is 19.4 Å². The number of halogens is 1. The highest BCUT2D eigenvalue weighted by Crippen LogP contribution is 2.29. The second-order valence-corrected chi connectivity index (χ2v) is 8.77. The number of nitrogens with one attached hydrogen (secondary N) is 2. The number of rotatable bonds is 5. The molecule has 0 saturated carbocycles. The molecule has 2 heterocycles. The number of nitrogens with zero attached hydrogens (tertiary/aromatic N) is 3. The van der Waals surface area contributed by atoms with Crippen LogP contribution in [0, 0.1) is 5.92 Å². The molecule has 148 valence electrons. The van der Waals surface area contributed by atoms with Gasteiger partial charge in [-0.3, -0.25) is 9.48 Å². The number of sulfonamides is 1. The van der Waals surface area contributed by atoms with Crippen LogP contribution in [0.3, 0.4) is 0 Å². The summed E-state index contributed by atoms with van der Waals surface area (Å²) >= 11 is 0. The van der Waals surface area contributed by atoms with Crippen molar-refractivity contribution in [1.29, 1.82) is 0 Å². The van der Waals surface area contributed by atoms with Crippen molar-refractivity contribution >= 4 is 34.0 Å². The van der Waals surface area contributed by atoms with Crippen molar-refractivity contribution in [2.24, 2.45) is 13.0 Å². The van der Waals surface area contributed by atoms with Gasteiger partial charge in [-0.15, -0.1) is 12.4 Å². The molecule has 27 heavy (non-hydrogen) atoms. The van der Waals surface area contributed by atoms with Gasteiger partial charge in [-0.2, -0.15) is 5.10 Å². The average Bonchev–Trinajstić information content (AvgIpc) is 3.23. The van der Waals surface area contributed by atoms with E-state index in [-0.39, 0.29) is 35.0 Å². The molecule has 1 aliphatic heterocycles. The number of benzene rings is 1. The summed E-state index contributed by atoms with van der Waals surface area (Å²) in [5.74, 6) is -0.339. The second-order valence-electron chi connectivity index (χ2n) is 6.62. The monoisotopic (exact) mass is 413 g/mol. The maximum Gasteiger partial charge on any atom is 0.242 e. The van der Waals surface area contributed by atoms with E-state index in [1.165, 1.54) is 26.2 Å². The smallest absolute Gasteiger partial charge is 0.242 e. The van der Waals surface area contributed by atoms with Gasteiger partial charge in [0.25, 0.3) is 0 Å². The highest BCUT2D eigenvalue weighted by molar-refractivity contribution is 7.89. The SMILES string of the molecule is CN(C)S(=O)(=O)c1cccc(NC(=O)[C@H]2CNC[C@@H]2c2cnn(C)c2)c1.Cl. The van der Waals surface area contributed by atoms with Crippen LogP contribution in [-0.4, -0.2) is 55.6 Å². The molecule has 2 N–H and O–H groups in total. The topological polar surface area (TPSA) is 96.3 Å². The zero-order chi connectivity index (χ0) is 18.9. The fourth-order valence-corrected chi connectivity index (χ4v) is 4.06. The van der Waals surface area contributed by atoms with E-state index in [1.54, 1.807) is 23.0 Å². The van der Waals surface area contributed by atoms with Gasteiger partial charge in [-0.25, -0.2) is 12.7 Å². The number of carbonyl (C=O) groups excluding carboxylic acids is 1. The summed E-state index contributed by atoms with van der Waals surface area (Å²) in [6.07, 6.45) is 3.70. The Morgan fingerprint density at radius 1 is 1.33 bits per heavy atom. The van der Waals surface area contributed by atoms with E-state index in [2.05, 4.69) is 15.7 Å². The van der Waals surface area contributed by atoms with Gasteiger partial charge in [0.1, 0.15) is 0 Å². The average molecular weight is 414 g/mol. The van der Waals surface area contributed by atoms with Crippen LogP contribution in [-0.2, 0) is 21.9 Å². The summed E-state index contributed by atoms with van der Waals surface area (Å²) in [6, 6.07) is 6.31. The van der Waals surface area contributed by atoms with Crippen molar-refractivity contribution in [3.63, 3.8) is 0 Å². The molecule has 2 aromatic rings. The summed E-state index contributed by atoms with van der Waals surface area (Å²) in [5, 5.41) is 10.3. The Morgan fingerprint density at radius 3 is 2.70 bits per heavy atom. The number of carbonyl (C=O) groups is 1. The highest BCUT2D eigenvalue weighted by Gasteiger charge is 2.34. The summed E-state index contributed by atoms with van der Waals surface area (Å²) in [5.41, 5.74) is 1.48. The van der Waals surface area contributed by atoms with E-state index in [0.29, 0.717) is 18.8 Å². The van der Waals surface area contributed by atoms with E-state index in [0.717, 1.165) is 9.87 Å². The largest absolute Gasteiger partial charge is 0.326 e.